The number of aliphatic hydroxyl groups excluding tert-OH is 1. The number of aliphatic carboxylic acids is 1. The van der Waals surface area contributed by atoms with E-state index in [1.54, 1.807) is 34.6 Å². The number of unbranched alkanes of at least 4 members (excludes halogenated alkanes) is 2. The number of hydrogen-bond donors (Lipinski definition) is 18. The number of aromatic amines is 1. The van der Waals surface area contributed by atoms with Gasteiger partial charge in [-0.05, 0) is 89.2 Å². The van der Waals surface area contributed by atoms with E-state index in [0.29, 0.717) is 37.9 Å². The van der Waals surface area contributed by atoms with Crippen LogP contribution in [0.2, 0.25) is 0 Å². The van der Waals surface area contributed by atoms with Gasteiger partial charge in [-0.3, -0.25) is 72.6 Å². The second-order valence-corrected chi connectivity index (χ2v) is 23.2. The number of imidazole rings is 1. The second kappa shape index (κ2) is 41.2. The minimum atomic E-state index is -1.71. The van der Waals surface area contributed by atoms with Gasteiger partial charge in [-0.15, -0.1) is 0 Å². The molecule has 93 heavy (non-hydrogen) atoms. The van der Waals surface area contributed by atoms with Crippen LogP contribution in [-0.2, 0) is 70.4 Å². The number of carbonyl (C=O) groups excluding carboxylic acids is 11. The number of nitro groups is 1. The topological polar surface area (TPSA) is 580 Å². The Bertz CT molecular complexity index is 2850. The van der Waals surface area contributed by atoms with Gasteiger partial charge in [0.25, 0.3) is 5.69 Å². The Hall–Kier alpha value is -9.38. The number of carboxylic acid groups (broad SMARTS) is 1. The van der Waals surface area contributed by atoms with Crippen molar-refractivity contribution in [1.82, 2.24) is 63.1 Å². The number of nitrogens with zero attached hydrogens (tertiary/aromatic N) is 3. The van der Waals surface area contributed by atoms with Gasteiger partial charge in [-0.2, -0.15) is 0 Å². The maximum absolute atomic E-state index is 14.6. The molecular weight excluding hydrogens is 1220 g/mol. The molecule has 11 atom stereocenters. The van der Waals surface area contributed by atoms with Crippen LogP contribution < -0.4 is 81.8 Å². The molecule has 35 heteroatoms. The quantitative estimate of drug-likeness (QED) is 0.00982. The number of nitro benzene ring substituents is 1. The number of nitrogens with one attached hydrogen (secondary N) is 11. The van der Waals surface area contributed by atoms with Crippen LogP contribution in [0.3, 0.4) is 0 Å². The first-order chi connectivity index (χ1) is 43.8. The Morgan fingerprint density at radius 1 is 0.591 bits per heavy atom. The molecule has 1 heterocycles. The van der Waals surface area contributed by atoms with Crippen molar-refractivity contribution in [1.29, 1.82) is 0 Å². The van der Waals surface area contributed by atoms with Crippen molar-refractivity contribution in [3.8, 4) is 0 Å². The third-order valence-electron chi connectivity index (χ3n) is 14.4. The summed E-state index contributed by atoms with van der Waals surface area (Å²) < 4.78 is 0. The first-order valence-electron chi connectivity index (χ1n) is 30.7. The number of rotatable bonds is 44. The summed E-state index contributed by atoms with van der Waals surface area (Å²) in [5.74, 6) is -12.6. The van der Waals surface area contributed by atoms with E-state index >= 15 is 0 Å². The van der Waals surface area contributed by atoms with Crippen LogP contribution in [0.25, 0.3) is 0 Å². The van der Waals surface area contributed by atoms with Crippen molar-refractivity contribution in [3.05, 3.63) is 58.2 Å². The Morgan fingerprint density at radius 2 is 1.06 bits per heavy atom. The highest BCUT2D eigenvalue weighted by atomic mass is 16.6. The third-order valence-corrected chi connectivity index (χ3v) is 14.4. The second-order valence-electron chi connectivity index (χ2n) is 23.2. The van der Waals surface area contributed by atoms with Crippen molar-refractivity contribution in [2.45, 2.75) is 198 Å². The molecule has 1 aromatic carbocycles. The molecule has 0 unspecified atom stereocenters. The summed E-state index contributed by atoms with van der Waals surface area (Å²) in [4.78, 5) is 184. The van der Waals surface area contributed by atoms with Crippen molar-refractivity contribution >= 4 is 82.6 Å². The van der Waals surface area contributed by atoms with Gasteiger partial charge >= 0.3 is 5.97 Å². The molecule has 0 saturated heterocycles. The van der Waals surface area contributed by atoms with Crippen LogP contribution in [0.15, 0.2) is 41.8 Å². The third kappa shape index (κ3) is 29.6. The van der Waals surface area contributed by atoms with Gasteiger partial charge in [0, 0.05) is 49.8 Å². The number of benzene rings is 1. The SMILES string of the molecule is CCCC[C@H](NC(=O)[C@H](C)NC(=O)[C@@H](CCC(=O)O)NC(=O)[C@H](Cc1ccc([N+](=O)[O-])cc1)NC(=O)[C@H](CC(C)C)NC(=O)[C@@H](NC(=O)[C@H](CCCN=C(N)N)NC(=O)[C@H](C)NC(=O)[C@H](CCCCN)NC(=O)[C@@H](N)Cc1cnc[nH]1)C(C)C)C(=O)N[C@@H](CO)C(N)=O. The van der Waals surface area contributed by atoms with Crippen molar-refractivity contribution in [3.63, 3.8) is 0 Å². The fourth-order valence-corrected chi connectivity index (χ4v) is 9.08. The van der Waals surface area contributed by atoms with Gasteiger partial charge in [0.05, 0.1) is 23.9 Å². The maximum Gasteiger partial charge on any atom is 0.303 e. The van der Waals surface area contributed by atoms with E-state index in [1.807, 2.05) is 0 Å². The number of hydrogen-bond acceptors (Lipinski definition) is 19. The summed E-state index contributed by atoms with van der Waals surface area (Å²) in [6, 6.07) is -10.5. The van der Waals surface area contributed by atoms with E-state index in [2.05, 4.69) is 68.1 Å². The van der Waals surface area contributed by atoms with Gasteiger partial charge in [0.2, 0.25) is 65.0 Å². The molecular formula is C58H95N19O16. The van der Waals surface area contributed by atoms with Crippen LogP contribution >= 0.6 is 0 Å². The van der Waals surface area contributed by atoms with Gasteiger partial charge < -0.3 is 97.0 Å². The summed E-state index contributed by atoms with van der Waals surface area (Å²) in [7, 11) is 0. The van der Waals surface area contributed by atoms with Crippen LogP contribution in [0, 0.1) is 22.0 Å². The number of nitrogens with two attached hydrogens (primary N) is 5. The zero-order valence-corrected chi connectivity index (χ0v) is 53.6. The number of aliphatic hydroxyl groups is 1. The van der Waals surface area contributed by atoms with Crippen LogP contribution in [0.1, 0.15) is 130 Å². The minimum Gasteiger partial charge on any atom is -0.481 e. The smallest absolute Gasteiger partial charge is 0.303 e. The van der Waals surface area contributed by atoms with Gasteiger partial charge in [0.15, 0.2) is 5.96 Å². The number of primary amides is 1. The number of aromatic nitrogens is 2. The highest BCUT2D eigenvalue weighted by Crippen LogP contribution is 2.16. The fourth-order valence-electron chi connectivity index (χ4n) is 9.08. The fraction of sp³-hybridized carbons (Fsp3) is 0.621. The van der Waals surface area contributed by atoms with E-state index in [1.165, 1.54) is 38.5 Å². The molecule has 35 nitrogen and oxygen atoms in total. The van der Waals surface area contributed by atoms with Crippen molar-refractivity contribution < 1.29 is 72.7 Å². The summed E-state index contributed by atoms with van der Waals surface area (Å²) in [5.41, 5.74) is 28.6. The molecule has 11 amide bonds. The molecule has 1 aromatic heterocycles. The van der Waals surface area contributed by atoms with E-state index < -0.39 is 174 Å². The van der Waals surface area contributed by atoms with E-state index in [0.717, 1.165) is 12.1 Å². The monoisotopic (exact) mass is 1310 g/mol. The summed E-state index contributed by atoms with van der Waals surface area (Å²) in [6.07, 6.45) is 3.38. The summed E-state index contributed by atoms with van der Waals surface area (Å²) >= 11 is 0. The van der Waals surface area contributed by atoms with Crippen LogP contribution in [0.5, 0.6) is 0 Å². The molecule has 0 aliphatic heterocycles. The van der Waals surface area contributed by atoms with Crippen LogP contribution in [-0.4, -0.2) is 188 Å². The Labute approximate surface area is 538 Å². The summed E-state index contributed by atoms with van der Waals surface area (Å²) in [5, 5.41) is 56.0. The predicted octanol–water partition coefficient (Wildman–Crippen LogP) is -4.26. The standard InChI is InChI=1S/C58H95N19O16/c1-8-9-13-38(53(87)75-44(28-78)47(61)81)69-48(82)33(7)68-52(86)41(20-21-45(79)80)72-56(90)43(25-34-16-18-36(19-17-34)77(92)93)73-55(89)42(24-30(2)3)74-57(91)46(31(4)5)76-54(88)40(15-12-23-65-58(62)63)70-49(83)32(6)67-51(85)39(14-10-11-22-59)71-50(84)37(60)26-35-27-64-29-66-35/h16-19,27,29-33,37-44,46,78H,8-15,20-26,28,59-60H2,1-7H3,(H2,61,81)(H,64,66)(H,67,85)(H,68,86)(H,69,82)(H,70,83)(H,71,84)(H,72,90)(H,73,89)(H,74,91)(H,75,87)(H,76,88)(H,79,80)(H4,62,63,65)/t32-,33-,37-,38-,39-,40-,41+,42-,43-,44-,46-/m0/s1. The molecule has 0 fully saturated rings. The molecule has 0 bridgehead atoms. The highest BCUT2D eigenvalue weighted by Gasteiger charge is 2.36. The van der Waals surface area contributed by atoms with Gasteiger partial charge in [-0.1, -0.05) is 59.6 Å². The molecule has 0 aliphatic carbocycles. The van der Waals surface area contributed by atoms with E-state index in [-0.39, 0.29) is 68.2 Å². The molecule has 518 valence electrons. The molecule has 2 aromatic rings. The minimum absolute atomic E-state index is 0.0109. The zero-order chi connectivity index (χ0) is 70.1. The summed E-state index contributed by atoms with van der Waals surface area (Å²) in [6.45, 7) is 10.5. The molecule has 0 radical (unpaired) electrons. The first kappa shape index (κ1) is 79.7. The van der Waals surface area contributed by atoms with Crippen LogP contribution in [0.4, 0.5) is 5.69 Å². The van der Waals surface area contributed by atoms with Crippen molar-refractivity contribution in [2.24, 2.45) is 45.5 Å². The first-order valence-corrected chi connectivity index (χ1v) is 30.7. The lowest BCUT2D eigenvalue weighted by atomic mass is 9.98. The van der Waals surface area contributed by atoms with E-state index in [9.17, 15) is 77.9 Å². The van der Waals surface area contributed by atoms with Crippen molar-refractivity contribution in [2.75, 3.05) is 19.7 Å². The number of amides is 11. The van der Waals surface area contributed by atoms with Gasteiger partial charge in [-0.25, -0.2) is 4.98 Å². The molecule has 0 spiro atoms. The Morgan fingerprint density at radius 3 is 1.55 bits per heavy atom. The number of guanidine groups is 1. The number of H-pyrrole nitrogens is 1. The average molecular weight is 1310 g/mol. The number of carbonyl (C=O) groups is 12. The molecule has 23 N–H and O–H groups in total. The average Bonchev–Trinajstić information content (AvgIpc) is 1.22. The Balaban J connectivity index is 2.48. The molecule has 0 aliphatic rings. The Kier molecular flexibility index (Phi) is 35.3. The lowest BCUT2D eigenvalue weighted by Gasteiger charge is -2.29. The number of aliphatic imine (C=N–C) groups is 1. The van der Waals surface area contributed by atoms with Gasteiger partial charge in [0.1, 0.15) is 60.4 Å². The molecule has 2 rings (SSSR count). The maximum atomic E-state index is 14.6. The lowest BCUT2D eigenvalue weighted by Crippen LogP contribution is -2.61. The molecule has 0 saturated carbocycles. The zero-order valence-electron chi connectivity index (χ0n) is 53.6. The number of non-ortho nitro benzene ring substituents is 1. The highest BCUT2D eigenvalue weighted by molar-refractivity contribution is 5.99. The largest absolute Gasteiger partial charge is 0.481 e. The van der Waals surface area contributed by atoms with E-state index in [4.69, 9.17) is 28.7 Å². The normalized spacial score (nSPS) is 14.7. The number of carboxylic acids is 1. The lowest BCUT2D eigenvalue weighted by molar-refractivity contribution is -0.384. The predicted molar refractivity (Wildman–Crippen MR) is 338 cm³/mol.